The van der Waals surface area contributed by atoms with Crippen molar-refractivity contribution in [3.8, 4) is 22.6 Å². The number of H-pyrrole nitrogens is 1. The number of oxazole rings is 1. The number of nitrogens with zero attached hydrogens (tertiary/aromatic N) is 5. The molecule has 0 saturated carbocycles. The molecule has 5 rings (SSSR count). The number of aromatic nitrogens is 6. The summed E-state index contributed by atoms with van der Waals surface area (Å²) in [5.41, 5.74) is 4.47. The van der Waals surface area contributed by atoms with Gasteiger partial charge in [-0.3, -0.25) is 9.48 Å². The molecule has 0 bridgehead atoms. The van der Waals surface area contributed by atoms with E-state index in [-0.39, 0.29) is 10.9 Å². The number of aryl methyl sites for hydroxylation is 1. The van der Waals surface area contributed by atoms with E-state index in [0.717, 1.165) is 11.1 Å². The Morgan fingerprint density at radius 1 is 1.12 bits per heavy atom. The highest BCUT2D eigenvalue weighted by atomic mass is 16.3. The van der Waals surface area contributed by atoms with Crippen LogP contribution in [0.15, 0.2) is 58.3 Å². The standard InChI is InChI=1S/C18H12N6O2/c1-24-7-5-12(23-24)16-15(10-2-3-11-14(8-10)26-9-20-11)21-17-13(25)4-6-19-18(17)22-16/h2-9H,1H3,(H,19,22,25). The Morgan fingerprint density at radius 2 is 2.04 bits per heavy atom. The van der Waals surface area contributed by atoms with Crippen LogP contribution < -0.4 is 5.43 Å². The third-order valence-corrected chi connectivity index (χ3v) is 4.14. The molecule has 0 atom stereocenters. The highest BCUT2D eigenvalue weighted by Crippen LogP contribution is 2.30. The second-order valence-electron chi connectivity index (χ2n) is 5.87. The van der Waals surface area contributed by atoms with E-state index in [4.69, 9.17) is 4.42 Å². The maximum atomic E-state index is 12.2. The van der Waals surface area contributed by atoms with Crippen molar-refractivity contribution < 1.29 is 4.42 Å². The average molecular weight is 344 g/mol. The van der Waals surface area contributed by atoms with Crippen LogP contribution in [0.25, 0.3) is 44.9 Å². The maximum absolute atomic E-state index is 12.2. The van der Waals surface area contributed by atoms with Crippen molar-refractivity contribution >= 4 is 22.3 Å². The number of hydrogen-bond donors (Lipinski definition) is 1. The van der Waals surface area contributed by atoms with Crippen molar-refractivity contribution in [2.24, 2.45) is 7.05 Å². The molecule has 1 N–H and O–H groups in total. The normalized spacial score (nSPS) is 11.4. The van der Waals surface area contributed by atoms with Crippen LogP contribution in [-0.4, -0.2) is 29.7 Å². The summed E-state index contributed by atoms with van der Waals surface area (Å²) < 4.78 is 7.09. The Bertz CT molecular complexity index is 1330. The quantitative estimate of drug-likeness (QED) is 0.528. The number of benzene rings is 1. The molecule has 0 saturated heterocycles. The summed E-state index contributed by atoms with van der Waals surface area (Å²) in [6.07, 6.45) is 4.78. The van der Waals surface area contributed by atoms with Gasteiger partial charge in [-0.25, -0.2) is 15.0 Å². The summed E-state index contributed by atoms with van der Waals surface area (Å²) in [7, 11) is 1.83. The number of nitrogens with one attached hydrogen (secondary N) is 1. The molecule has 0 fully saturated rings. The molecule has 0 aliphatic rings. The van der Waals surface area contributed by atoms with Crippen molar-refractivity contribution in [3.05, 3.63) is 59.3 Å². The monoisotopic (exact) mass is 344 g/mol. The Labute approximate surface area is 146 Å². The van der Waals surface area contributed by atoms with Gasteiger partial charge in [-0.15, -0.1) is 0 Å². The van der Waals surface area contributed by atoms with E-state index in [0.29, 0.717) is 28.3 Å². The van der Waals surface area contributed by atoms with E-state index in [1.807, 2.05) is 37.5 Å². The lowest BCUT2D eigenvalue weighted by Gasteiger charge is -2.08. The zero-order valence-corrected chi connectivity index (χ0v) is 13.7. The maximum Gasteiger partial charge on any atom is 0.209 e. The number of pyridine rings is 1. The number of fused-ring (bicyclic) bond motifs is 2. The molecule has 0 radical (unpaired) electrons. The largest absolute Gasteiger partial charge is 0.443 e. The minimum atomic E-state index is -0.194. The van der Waals surface area contributed by atoms with Gasteiger partial charge in [0.25, 0.3) is 0 Å². The lowest BCUT2D eigenvalue weighted by Crippen LogP contribution is -2.07. The van der Waals surface area contributed by atoms with Gasteiger partial charge < -0.3 is 9.40 Å². The minimum Gasteiger partial charge on any atom is -0.443 e. The van der Waals surface area contributed by atoms with Gasteiger partial charge in [-0.1, -0.05) is 6.07 Å². The topological polar surface area (TPSA) is 102 Å². The second kappa shape index (κ2) is 5.35. The molecule has 5 aromatic rings. The van der Waals surface area contributed by atoms with Crippen LogP contribution in [0.3, 0.4) is 0 Å². The fourth-order valence-corrected chi connectivity index (χ4v) is 2.91. The summed E-state index contributed by atoms with van der Waals surface area (Å²) in [6.45, 7) is 0. The van der Waals surface area contributed by atoms with Gasteiger partial charge in [0.2, 0.25) is 5.43 Å². The molecule has 8 heteroatoms. The van der Waals surface area contributed by atoms with Gasteiger partial charge in [-0.2, -0.15) is 5.10 Å². The van der Waals surface area contributed by atoms with Crippen LogP contribution in [0, 0.1) is 0 Å². The molecule has 4 aromatic heterocycles. The Hall–Kier alpha value is -3.81. The third-order valence-electron chi connectivity index (χ3n) is 4.14. The van der Waals surface area contributed by atoms with E-state index in [1.54, 1.807) is 10.9 Å². The van der Waals surface area contributed by atoms with Crippen LogP contribution in [0.1, 0.15) is 0 Å². The highest BCUT2D eigenvalue weighted by molar-refractivity contribution is 5.87. The number of aromatic amines is 1. The Kier molecular flexibility index (Phi) is 2.99. The molecule has 126 valence electrons. The van der Waals surface area contributed by atoms with E-state index in [9.17, 15) is 4.79 Å². The molecular weight excluding hydrogens is 332 g/mol. The SMILES string of the molecule is Cn1ccc(-c2nc3[nH]ccc(=O)c3nc2-c2ccc3ncoc3c2)n1. The van der Waals surface area contributed by atoms with E-state index in [1.165, 1.54) is 12.5 Å². The summed E-state index contributed by atoms with van der Waals surface area (Å²) in [4.78, 5) is 28.5. The Balaban J connectivity index is 1.86. The zero-order valence-electron chi connectivity index (χ0n) is 13.7. The molecule has 26 heavy (non-hydrogen) atoms. The van der Waals surface area contributed by atoms with Gasteiger partial charge in [0.05, 0.1) is 5.69 Å². The summed E-state index contributed by atoms with van der Waals surface area (Å²) in [5.74, 6) is 0. The number of rotatable bonds is 2. The summed E-state index contributed by atoms with van der Waals surface area (Å²) >= 11 is 0. The molecule has 0 unspecified atom stereocenters. The van der Waals surface area contributed by atoms with E-state index >= 15 is 0 Å². The lowest BCUT2D eigenvalue weighted by molar-refractivity contribution is 0.602. The van der Waals surface area contributed by atoms with Crippen molar-refractivity contribution in [3.63, 3.8) is 0 Å². The fourth-order valence-electron chi connectivity index (χ4n) is 2.91. The predicted molar refractivity (Wildman–Crippen MR) is 95.4 cm³/mol. The highest BCUT2D eigenvalue weighted by Gasteiger charge is 2.17. The molecule has 0 aliphatic heterocycles. The number of hydrogen-bond acceptors (Lipinski definition) is 6. The molecule has 4 heterocycles. The first kappa shape index (κ1) is 14.5. The van der Waals surface area contributed by atoms with Gasteiger partial charge in [-0.05, 0) is 18.2 Å². The van der Waals surface area contributed by atoms with Crippen LogP contribution >= 0.6 is 0 Å². The van der Waals surface area contributed by atoms with Gasteiger partial charge >= 0.3 is 0 Å². The van der Waals surface area contributed by atoms with Gasteiger partial charge in [0, 0.05) is 31.1 Å². The second-order valence-corrected chi connectivity index (χ2v) is 5.87. The molecular formula is C18H12N6O2. The molecule has 8 nitrogen and oxygen atoms in total. The average Bonchev–Trinajstić information content (AvgIpc) is 3.29. The summed E-state index contributed by atoms with van der Waals surface area (Å²) in [6, 6.07) is 8.84. The smallest absolute Gasteiger partial charge is 0.209 e. The van der Waals surface area contributed by atoms with E-state index < -0.39 is 0 Å². The fraction of sp³-hybridized carbons (Fsp3) is 0.0556. The molecule has 0 aliphatic carbocycles. The van der Waals surface area contributed by atoms with Crippen molar-refractivity contribution in [1.82, 2.24) is 29.7 Å². The third kappa shape index (κ3) is 2.20. The first-order chi connectivity index (χ1) is 12.7. The lowest BCUT2D eigenvalue weighted by atomic mass is 10.1. The van der Waals surface area contributed by atoms with Crippen molar-refractivity contribution in [1.29, 1.82) is 0 Å². The van der Waals surface area contributed by atoms with Crippen molar-refractivity contribution in [2.45, 2.75) is 0 Å². The summed E-state index contributed by atoms with van der Waals surface area (Å²) in [5, 5.41) is 4.44. The van der Waals surface area contributed by atoms with Crippen LogP contribution in [0.5, 0.6) is 0 Å². The van der Waals surface area contributed by atoms with Crippen molar-refractivity contribution in [2.75, 3.05) is 0 Å². The van der Waals surface area contributed by atoms with Gasteiger partial charge in [0.1, 0.15) is 16.9 Å². The van der Waals surface area contributed by atoms with Crippen LogP contribution in [-0.2, 0) is 7.05 Å². The van der Waals surface area contributed by atoms with Crippen LogP contribution in [0.2, 0.25) is 0 Å². The molecule has 0 amide bonds. The molecule has 1 aromatic carbocycles. The minimum absolute atomic E-state index is 0.194. The van der Waals surface area contributed by atoms with E-state index in [2.05, 4.69) is 25.0 Å². The van der Waals surface area contributed by atoms with Crippen LogP contribution in [0.4, 0.5) is 0 Å². The van der Waals surface area contributed by atoms with Gasteiger partial charge in [0.15, 0.2) is 23.1 Å². The zero-order chi connectivity index (χ0) is 17.7. The predicted octanol–water partition coefficient (Wildman–Crippen LogP) is 2.53. The first-order valence-electron chi connectivity index (χ1n) is 7.92. The Morgan fingerprint density at radius 3 is 2.88 bits per heavy atom. The molecule has 0 spiro atoms. The first-order valence-corrected chi connectivity index (χ1v) is 7.92.